The van der Waals surface area contributed by atoms with Crippen molar-refractivity contribution in [1.82, 2.24) is 9.97 Å². The fraction of sp³-hybridized carbons (Fsp3) is 0.0769. The summed E-state index contributed by atoms with van der Waals surface area (Å²) in [4.78, 5) is 8.27. The van der Waals surface area contributed by atoms with Crippen molar-refractivity contribution in [1.29, 1.82) is 0 Å². The second-order valence-electron chi connectivity index (χ2n) is 4.21. The second-order valence-corrected chi connectivity index (χ2v) is 6.06. The standard InChI is InChI=1S/C13H5Cl2F3N2OS/c14-7-2-9-10(21-5-20-9)3-11(7)22-12-8(15)1-6(4-19-12)13(16,17)18/h1-5H. The highest BCUT2D eigenvalue weighted by Gasteiger charge is 2.31. The average Bonchev–Trinajstić information content (AvgIpc) is 2.87. The Morgan fingerprint density at radius 2 is 1.82 bits per heavy atom. The van der Waals surface area contributed by atoms with Gasteiger partial charge in [-0.25, -0.2) is 9.97 Å². The van der Waals surface area contributed by atoms with Crippen LogP contribution in [0.25, 0.3) is 11.1 Å². The van der Waals surface area contributed by atoms with Gasteiger partial charge in [-0.2, -0.15) is 13.2 Å². The first-order chi connectivity index (χ1) is 10.3. The van der Waals surface area contributed by atoms with Gasteiger partial charge in [0.05, 0.1) is 15.6 Å². The molecule has 3 aromatic rings. The fourth-order valence-electron chi connectivity index (χ4n) is 1.70. The van der Waals surface area contributed by atoms with Gasteiger partial charge < -0.3 is 4.42 Å². The number of rotatable bonds is 2. The van der Waals surface area contributed by atoms with Crippen molar-refractivity contribution < 1.29 is 17.6 Å². The maximum atomic E-state index is 12.6. The molecule has 114 valence electrons. The molecule has 0 atom stereocenters. The fourth-order valence-corrected chi connectivity index (χ4v) is 3.05. The Labute approximate surface area is 136 Å². The van der Waals surface area contributed by atoms with E-state index in [2.05, 4.69) is 9.97 Å². The Bertz CT molecular complexity index is 851. The van der Waals surface area contributed by atoms with Gasteiger partial charge in [-0.05, 0) is 18.2 Å². The maximum absolute atomic E-state index is 12.6. The van der Waals surface area contributed by atoms with E-state index in [1.54, 1.807) is 12.1 Å². The van der Waals surface area contributed by atoms with Gasteiger partial charge in [0.25, 0.3) is 0 Å². The van der Waals surface area contributed by atoms with Crippen molar-refractivity contribution in [2.45, 2.75) is 16.1 Å². The molecule has 0 N–H and O–H groups in total. The van der Waals surface area contributed by atoms with Gasteiger partial charge in [-0.1, -0.05) is 35.0 Å². The molecule has 0 unspecified atom stereocenters. The molecular weight excluding hydrogens is 360 g/mol. The molecule has 0 aliphatic carbocycles. The Balaban J connectivity index is 1.96. The van der Waals surface area contributed by atoms with Crippen molar-refractivity contribution >= 4 is 46.1 Å². The Morgan fingerprint density at radius 1 is 1.05 bits per heavy atom. The SMILES string of the molecule is FC(F)(F)c1cnc(Sc2cc3ocnc3cc2Cl)c(Cl)c1. The van der Waals surface area contributed by atoms with E-state index in [4.69, 9.17) is 27.6 Å². The monoisotopic (exact) mass is 364 g/mol. The number of benzene rings is 1. The van der Waals surface area contributed by atoms with E-state index >= 15 is 0 Å². The Kier molecular flexibility index (Phi) is 3.96. The summed E-state index contributed by atoms with van der Waals surface area (Å²) >= 11 is 13.0. The molecule has 22 heavy (non-hydrogen) atoms. The largest absolute Gasteiger partial charge is 0.443 e. The lowest BCUT2D eigenvalue weighted by atomic mass is 10.3. The van der Waals surface area contributed by atoms with Gasteiger partial charge in [0.2, 0.25) is 0 Å². The van der Waals surface area contributed by atoms with Gasteiger partial charge >= 0.3 is 6.18 Å². The molecule has 0 aliphatic heterocycles. The van der Waals surface area contributed by atoms with E-state index in [1.165, 1.54) is 6.39 Å². The number of aromatic nitrogens is 2. The van der Waals surface area contributed by atoms with E-state index < -0.39 is 11.7 Å². The number of fused-ring (bicyclic) bond motifs is 1. The first kappa shape index (κ1) is 15.5. The van der Waals surface area contributed by atoms with Crippen molar-refractivity contribution in [2.75, 3.05) is 0 Å². The molecule has 0 aliphatic rings. The van der Waals surface area contributed by atoms with Crippen LogP contribution in [0.4, 0.5) is 13.2 Å². The number of oxazole rings is 1. The van der Waals surface area contributed by atoms with Crippen LogP contribution in [0.1, 0.15) is 5.56 Å². The predicted octanol–water partition coefficient (Wildman–Crippen LogP) is 5.70. The van der Waals surface area contributed by atoms with Crippen LogP contribution in [0.15, 0.2) is 45.1 Å². The number of hydrogen-bond acceptors (Lipinski definition) is 4. The van der Waals surface area contributed by atoms with Gasteiger partial charge in [0, 0.05) is 11.1 Å². The molecular formula is C13H5Cl2F3N2OS. The average molecular weight is 365 g/mol. The molecule has 0 radical (unpaired) electrons. The van der Waals surface area contributed by atoms with Gasteiger partial charge in [-0.3, -0.25) is 0 Å². The van der Waals surface area contributed by atoms with E-state index in [-0.39, 0.29) is 10.0 Å². The van der Waals surface area contributed by atoms with E-state index in [1.807, 2.05) is 0 Å². The van der Waals surface area contributed by atoms with Gasteiger partial charge in [-0.15, -0.1) is 0 Å². The minimum Gasteiger partial charge on any atom is -0.443 e. The highest BCUT2D eigenvalue weighted by atomic mass is 35.5. The topological polar surface area (TPSA) is 38.9 Å². The molecule has 2 aromatic heterocycles. The molecule has 0 saturated heterocycles. The third-order valence-corrected chi connectivity index (χ3v) is 4.63. The van der Waals surface area contributed by atoms with E-state index in [9.17, 15) is 13.2 Å². The number of hydrogen-bond donors (Lipinski definition) is 0. The molecule has 1 aromatic carbocycles. The predicted molar refractivity (Wildman–Crippen MR) is 77.4 cm³/mol. The number of alkyl halides is 3. The molecule has 3 nitrogen and oxygen atoms in total. The van der Waals surface area contributed by atoms with Crippen LogP contribution in [0.3, 0.4) is 0 Å². The molecule has 0 fully saturated rings. The summed E-state index contributed by atoms with van der Waals surface area (Å²) in [5, 5.41) is 0.494. The first-order valence-corrected chi connectivity index (χ1v) is 7.35. The maximum Gasteiger partial charge on any atom is 0.417 e. The Morgan fingerprint density at radius 3 is 2.50 bits per heavy atom. The molecule has 3 rings (SSSR count). The second kappa shape index (κ2) is 5.64. The number of nitrogens with zero attached hydrogens (tertiary/aromatic N) is 2. The minimum absolute atomic E-state index is 0.103. The zero-order valence-corrected chi connectivity index (χ0v) is 12.8. The van der Waals surface area contributed by atoms with Crippen molar-refractivity contribution in [3.8, 4) is 0 Å². The van der Waals surface area contributed by atoms with E-state index in [0.29, 0.717) is 21.0 Å². The molecule has 9 heteroatoms. The van der Waals surface area contributed by atoms with Crippen molar-refractivity contribution in [3.05, 3.63) is 46.4 Å². The highest BCUT2D eigenvalue weighted by molar-refractivity contribution is 7.99. The van der Waals surface area contributed by atoms with Crippen molar-refractivity contribution in [3.63, 3.8) is 0 Å². The van der Waals surface area contributed by atoms with Crippen LogP contribution in [0, 0.1) is 0 Å². The van der Waals surface area contributed by atoms with Crippen LogP contribution in [-0.2, 0) is 6.18 Å². The number of pyridine rings is 1. The normalized spacial score (nSPS) is 12.0. The summed E-state index contributed by atoms with van der Waals surface area (Å²) in [6.45, 7) is 0. The lowest BCUT2D eigenvalue weighted by Gasteiger charge is -2.09. The summed E-state index contributed by atoms with van der Waals surface area (Å²) in [7, 11) is 0. The lowest BCUT2D eigenvalue weighted by Crippen LogP contribution is -2.05. The summed E-state index contributed by atoms with van der Waals surface area (Å²) < 4.78 is 42.9. The lowest BCUT2D eigenvalue weighted by molar-refractivity contribution is -0.137. The summed E-state index contributed by atoms with van der Waals surface area (Å²) in [5.74, 6) is 0. The molecule has 0 saturated carbocycles. The van der Waals surface area contributed by atoms with Crippen LogP contribution in [-0.4, -0.2) is 9.97 Å². The van der Waals surface area contributed by atoms with Gasteiger partial charge in [0.15, 0.2) is 12.0 Å². The van der Waals surface area contributed by atoms with Crippen LogP contribution < -0.4 is 0 Å². The molecule has 0 bridgehead atoms. The zero-order chi connectivity index (χ0) is 15.9. The zero-order valence-electron chi connectivity index (χ0n) is 10.5. The molecule has 2 heterocycles. The third kappa shape index (κ3) is 3.02. The van der Waals surface area contributed by atoms with Crippen molar-refractivity contribution in [2.24, 2.45) is 0 Å². The third-order valence-electron chi connectivity index (χ3n) is 2.73. The minimum atomic E-state index is -4.49. The van der Waals surface area contributed by atoms with Crippen LogP contribution >= 0.6 is 35.0 Å². The summed E-state index contributed by atoms with van der Waals surface area (Å²) in [6.07, 6.45) is -2.48. The highest BCUT2D eigenvalue weighted by Crippen LogP contribution is 2.39. The van der Waals surface area contributed by atoms with Crippen LogP contribution in [0.5, 0.6) is 0 Å². The Hall–Kier alpha value is -1.44. The van der Waals surface area contributed by atoms with E-state index in [0.717, 1.165) is 24.0 Å². The molecule has 0 spiro atoms. The smallest absolute Gasteiger partial charge is 0.417 e. The quantitative estimate of drug-likeness (QED) is 0.584. The summed E-state index contributed by atoms with van der Waals surface area (Å²) in [6, 6.07) is 4.06. The summed E-state index contributed by atoms with van der Waals surface area (Å²) in [5.41, 5.74) is 0.189. The van der Waals surface area contributed by atoms with Gasteiger partial charge in [0.1, 0.15) is 10.5 Å². The number of halogens is 5. The first-order valence-electron chi connectivity index (χ1n) is 5.78. The van der Waals surface area contributed by atoms with Crippen LogP contribution in [0.2, 0.25) is 10.0 Å². The molecule has 0 amide bonds.